The van der Waals surface area contributed by atoms with E-state index in [1.54, 1.807) is 12.3 Å². The van der Waals surface area contributed by atoms with E-state index in [4.69, 9.17) is 5.11 Å². The Labute approximate surface area is 102 Å². The first kappa shape index (κ1) is 13.2. The molecule has 1 rings (SSSR count). The van der Waals surface area contributed by atoms with Crippen molar-refractivity contribution in [1.29, 1.82) is 0 Å². The summed E-state index contributed by atoms with van der Waals surface area (Å²) < 4.78 is 0. The highest BCUT2D eigenvalue weighted by atomic mass is 16.4. The number of allylic oxidation sites excluding steroid dienone is 1. The van der Waals surface area contributed by atoms with Crippen LogP contribution in [0.2, 0.25) is 0 Å². The summed E-state index contributed by atoms with van der Waals surface area (Å²) in [6.07, 6.45) is 5.20. The van der Waals surface area contributed by atoms with Crippen LogP contribution in [0.3, 0.4) is 0 Å². The van der Waals surface area contributed by atoms with E-state index in [1.807, 2.05) is 50.3 Å². The highest BCUT2D eigenvalue weighted by Gasteiger charge is 2.18. The summed E-state index contributed by atoms with van der Waals surface area (Å²) >= 11 is 0. The van der Waals surface area contributed by atoms with Crippen molar-refractivity contribution in [3.05, 3.63) is 42.0 Å². The molecule has 0 heterocycles. The third-order valence-electron chi connectivity index (χ3n) is 2.31. The van der Waals surface area contributed by atoms with Gasteiger partial charge in [0.1, 0.15) is 6.04 Å². The molecular formula is C14H17NO2. The van der Waals surface area contributed by atoms with Gasteiger partial charge >= 0.3 is 5.97 Å². The van der Waals surface area contributed by atoms with Crippen molar-refractivity contribution in [3.63, 3.8) is 0 Å². The highest BCUT2D eigenvalue weighted by molar-refractivity contribution is 5.82. The fourth-order valence-electron chi connectivity index (χ4n) is 1.38. The molecule has 1 aromatic carbocycles. The molecule has 3 nitrogen and oxygen atoms in total. The van der Waals surface area contributed by atoms with Gasteiger partial charge in [-0.2, -0.15) is 0 Å². The molecule has 0 aliphatic rings. The van der Waals surface area contributed by atoms with Gasteiger partial charge < -0.3 is 5.11 Å². The minimum atomic E-state index is -0.885. The van der Waals surface area contributed by atoms with Crippen LogP contribution in [0.1, 0.15) is 19.4 Å². The largest absolute Gasteiger partial charge is 0.480 e. The summed E-state index contributed by atoms with van der Waals surface area (Å²) in [5.74, 6) is -0.891. The van der Waals surface area contributed by atoms with Crippen LogP contribution in [-0.4, -0.2) is 23.3 Å². The first-order valence-electron chi connectivity index (χ1n) is 5.59. The zero-order valence-corrected chi connectivity index (χ0v) is 10.1. The Morgan fingerprint density at radius 3 is 2.47 bits per heavy atom. The lowest BCUT2D eigenvalue weighted by Gasteiger charge is -2.09. The molecule has 1 aromatic rings. The molecule has 0 amide bonds. The number of aliphatic carboxylic acids is 1. The van der Waals surface area contributed by atoms with E-state index < -0.39 is 12.0 Å². The fraction of sp³-hybridized carbons (Fsp3) is 0.286. The molecule has 0 radical (unpaired) electrons. The van der Waals surface area contributed by atoms with Gasteiger partial charge in [0.05, 0.1) is 0 Å². The second kappa shape index (κ2) is 6.63. The summed E-state index contributed by atoms with van der Waals surface area (Å²) in [5, 5.41) is 8.92. The van der Waals surface area contributed by atoms with Gasteiger partial charge in [-0.15, -0.1) is 0 Å². The van der Waals surface area contributed by atoms with E-state index in [2.05, 4.69) is 4.99 Å². The molecule has 0 fully saturated rings. The molecule has 0 aromatic heterocycles. The van der Waals surface area contributed by atoms with Crippen LogP contribution >= 0.6 is 0 Å². The van der Waals surface area contributed by atoms with Crippen molar-refractivity contribution in [2.45, 2.75) is 19.9 Å². The number of rotatable bonds is 5. The molecule has 0 spiro atoms. The van der Waals surface area contributed by atoms with Crippen molar-refractivity contribution in [2.24, 2.45) is 10.9 Å². The fourth-order valence-corrected chi connectivity index (χ4v) is 1.38. The monoisotopic (exact) mass is 231 g/mol. The van der Waals surface area contributed by atoms with Crippen LogP contribution in [0.15, 0.2) is 41.4 Å². The molecular weight excluding hydrogens is 214 g/mol. The van der Waals surface area contributed by atoms with Crippen LogP contribution in [0, 0.1) is 5.92 Å². The van der Waals surface area contributed by atoms with Crippen molar-refractivity contribution in [3.8, 4) is 0 Å². The topological polar surface area (TPSA) is 49.7 Å². The van der Waals surface area contributed by atoms with E-state index in [0.717, 1.165) is 5.56 Å². The lowest BCUT2D eigenvalue weighted by atomic mass is 10.1. The summed E-state index contributed by atoms with van der Waals surface area (Å²) in [7, 11) is 0. The molecule has 0 saturated heterocycles. The van der Waals surface area contributed by atoms with Gasteiger partial charge in [-0.1, -0.05) is 50.3 Å². The van der Waals surface area contributed by atoms with Crippen LogP contribution < -0.4 is 0 Å². The maximum absolute atomic E-state index is 10.9. The quantitative estimate of drug-likeness (QED) is 0.792. The standard InChI is InChI=1S/C14H17NO2/c1-11(2)13(14(16)17)15-10-6-9-12-7-4-3-5-8-12/h3-11,13H,1-2H3,(H,16,17)/b9-6+,15-10?/t13-/m0/s1. The SMILES string of the molecule is CC(C)[C@H](N=C/C=C/c1ccccc1)C(=O)O. The molecule has 0 unspecified atom stereocenters. The number of hydrogen-bond acceptors (Lipinski definition) is 2. The molecule has 0 aliphatic carbocycles. The Kier molecular flexibility index (Phi) is 5.14. The number of nitrogens with zero attached hydrogens (tertiary/aromatic N) is 1. The van der Waals surface area contributed by atoms with E-state index >= 15 is 0 Å². The summed E-state index contributed by atoms with van der Waals surface area (Å²) in [6, 6.07) is 9.12. The van der Waals surface area contributed by atoms with Crippen molar-refractivity contribution in [2.75, 3.05) is 0 Å². The molecule has 0 bridgehead atoms. The zero-order chi connectivity index (χ0) is 12.7. The first-order chi connectivity index (χ1) is 8.11. The van der Waals surface area contributed by atoms with Gasteiger partial charge in [-0.25, -0.2) is 4.79 Å². The minimum absolute atomic E-state index is 0.00567. The van der Waals surface area contributed by atoms with Crippen LogP contribution in [0.25, 0.3) is 6.08 Å². The maximum atomic E-state index is 10.9. The number of carboxylic acids is 1. The van der Waals surface area contributed by atoms with E-state index in [1.165, 1.54) is 0 Å². The average Bonchev–Trinajstić information content (AvgIpc) is 2.29. The summed E-state index contributed by atoms with van der Waals surface area (Å²) in [6.45, 7) is 3.69. The van der Waals surface area contributed by atoms with Crippen molar-refractivity contribution in [1.82, 2.24) is 0 Å². The van der Waals surface area contributed by atoms with Gasteiger partial charge in [-0.3, -0.25) is 4.99 Å². The lowest BCUT2D eigenvalue weighted by Crippen LogP contribution is -2.23. The third-order valence-corrected chi connectivity index (χ3v) is 2.31. The lowest BCUT2D eigenvalue weighted by molar-refractivity contribution is -0.139. The Bertz CT molecular complexity index is 407. The second-order valence-electron chi connectivity index (χ2n) is 4.10. The summed E-state index contributed by atoms with van der Waals surface area (Å²) in [4.78, 5) is 14.9. The van der Waals surface area contributed by atoms with Crippen molar-refractivity contribution >= 4 is 18.3 Å². The van der Waals surface area contributed by atoms with Gasteiger partial charge in [0, 0.05) is 6.21 Å². The Morgan fingerprint density at radius 2 is 1.94 bits per heavy atom. The van der Waals surface area contributed by atoms with Crippen LogP contribution in [0.4, 0.5) is 0 Å². The number of carboxylic acid groups (broad SMARTS) is 1. The normalized spacial score (nSPS) is 13.6. The molecule has 1 atom stereocenters. The van der Waals surface area contributed by atoms with Crippen LogP contribution in [-0.2, 0) is 4.79 Å². The zero-order valence-electron chi connectivity index (χ0n) is 10.1. The molecule has 1 N–H and O–H groups in total. The third kappa shape index (κ3) is 4.64. The average molecular weight is 231 g/mol. The predicted octanol–water partition coefficient (Wildman–Crippen LogP) is 2.88. The Morgan fingerprint density at radius 1 is 1.29 bits per heavy atom. The molecule has 0 aliphatic heterocycles. The number of benzene rings is 1. The minimum Gasteiger partial charge on any atom is -0.480 e. The highest BCUT2D eigenvalue weighted by Crippen LogP contribution is 2.06. The van der Waals surface area contributed by atoms with Gasteiger partial charge in [0.25, 0.3) is 0 Å². The van der Waals surface area contributed by atoms with E-state index in [-0.39, 0.29) is 5.92 Å². The van der Waals surface area contributed by atoms with Gasteiger partial charge in [-0.05, 0) is 17.6 Å². The first-order valence-corrected chi connectivity index (χ1v) is 5.59. The van der Waals surface area contributed by atoms with Gasteiger partial charge in [0.2, 0.25) is 0 Å². The number of aliphatic imine (C=N–C) groups is 1. The molecule has 0 saturated carbocycles. The summed E-state index contributed by atoms with van der Waals surface area (Å²) in [5.41, 5.74) is 1.07. The van der Waals surface area contributed by atoms with Crippen LogP contribution in [0.5, 0.6) is 0 Å². The van der Waals surface area contributed by atoms with Gasteiger partial charge in [0.15, 0.2) is 0 Å². The molecule has 17 heavy (non-hydrogen) atoms. The second-order valence-corrected chi connectivity index (χ2v) is 4.10. The van der Waals surface area contributed by atoms with E-state index in [0.29, 0.717) is 0 Å². The predicted molar refractivity (Wildman–Crippen MR) is 70.2 cm³/mol. The smallest absolute Gasteiger partial charge is 0.328 e. The molecule has 90 valence electrons. The number of carbonyl (C=O) groups is 1. The number of hydrogen-bond donors (Lipinski definition) is 1. The Balaban J connectivity index is 2.60. The molecule has 3 heteroatoms. The van der Waals surface area contributed by atoms with E-state index in [9.17, 15) is 4.79 Å². The Hall–Kier alpha value is -1.90. The van der Waals surface area contributed by atoms with Crippen molar-refractivity contribution < 1.29 is 9.90 Å². The maximum Gasteiger partial charge on any atom is 0.328 e.